The van der Waals surface area contributed by atoms with Crippen LogP contribution in [0.5, 0.6) is 5.75 Å². The number of rotatable bonds is 4. The van der Waals surface area contributed by atoms with Crippen LogP contribution < -0.4 is 27.1 Å². The third kappa shape index (κ3) is 2.66. The third-order valence-electron chi connectivity index (χ3n) is 2.24. The first kappa shape index (κ1) is 11.3. The molecular formula is C12H14N4O. The van der Waals surface area contributed by atoms with Crippen molar-refractivity contribution in [2.45, 2.75) is 0 Å². The number of nitrogens with one attached hydrogen (secondary N) is 1. The van der Waals surface area contributed by atoms with Crippen LogP contribution >= 0.6 is 0 Å². The Labute approximate surface area is 99.5 Å². The first-order chi connectivity index (χ1) is 8.31. The Morgan fingerprint density at radius 2 is 1.59 bits per heavy atom. The van der Waals surface area contributed by atoms with Gasteiger partial charge in [-0.2, -0.15) is 0 Å². The van der Waals surface area contributed by atoms with Crippen LogP contribution in [0.25, 0.3) is 0 Å². The second-order valence-electron chi connectivity index (χ2n) is 3.39. The summed E-state index contributed by atoms with van der Waals surface area (Å²) in [5.41, 5.74) is 3.90. The van der Waals surface area contributed by atoms with Crippen LogP contribution in [0.1, 0.15) is 0 Å². The molecule has 0 atom stereocenters. The summed E-state index contributed by atoms with van der Waals surface area (Å²) >= 11 is 0. The van der Waals surface area contributed by atoms with E-state index in [4.69, 9.17) is 16.5 Å². The topological polar surface area (TPSA) is 76.5 Å². The van der Waals surface area contributed by atoms with Crippen molar-refractivity contribution in [2.75, 3.05) is 10.6 Å². The van der Waals surface area contributed by atoms with Gasteiger partial charge in [0.15, 0.2) is 5.75 Å². The van der Waals surface area contributed by atoms with Gasteiger partial charge in [0, 0.05) is 0 Å². The molecule has 17 heavy (non-hydrogen) atoms. The Morgan fingerprint density at radius 3 is 2.29 bits per heavy atom. The maximum absolute atomic E-state index is 5.82. The molecule has 0 aromatic heterocycles. The van der Waals surface area contributed by atoms with Crippen molar-refractivity contribution in [3.63, 3.8) is 0 Å². The highest BCUT2D eigenvalue weighted by Gasteiger charge is 2.08. The van der Waals surface area contributed by atoms with E-state index in [-0.39, 0.29) is 0 Å². The molecule has 0 radical (unpaired) electrons. The minimum absolute atomic E-state index is 0.652. The maximum atomic E-state index is 5.82. The highest BCUT2D eigenvalue weighted by Crippen LogP contribution is 2.23. The number of hydrogen-bond acceptors (Lipinski definition) is 5. The SMILES string of the molecule is NNc1ccccc1N(N)Oc1ccccc1. The molecule has 2 rings (SSSR count). The monoisotopic (exact) mass is 230 g/mol. The molecule has 5 heteroatoms. The highest BCUT2D eigenvalue weighted by molar-refractivity contribution is 5.67. The third-order valence-corrected chi connectivity index (χ3v) is 2.24. The second-order valence-corrected chi connectivity index (χ2v) is 3.39. The van der Waals surface area contributed by atoms with Gasteiger partial charge in [0.1, 0.15) is 5.69 Å². The lowest BCUT2D eigenvalue weighted by molar-refractivity contribution is 0.283. The van der Waals surface area contributed by atoms with E-state index in [1.807, 2.05) is 48.5 Å². The minimum atomic E-state index is 0.652. The molecule has 5 N–H and O–H groups in total. The molecule has 2 aromatic rings. The molecule has 0 saturated carbocycles. The van der Waals surface area contributed by atoms with Crippen molar-refractivity contribution in [3.05, 3.63) is 54.6 Å². The summed E-state index contributed by atoms with van der Waals surface area (Å²) in [6.07, 6.45) is 0. The molecule has 0 heterocycles. The molecular weight excluding hydrogens is 216 g/mol. The van der Waals surface area contributed by atoms with Crippen molar-refractivity contribution in [3.8, 4) is 5.75 Å². The van der Waals surface area contributed by atoms with Crippen molar-refractivity contribution < 1.29 is 4.84 Å². The summed E-state index contributed by atoms with van der Waals surface area (Å²) < 4.78 is 0. The standard InChI is InChI=1S/C12H14N4O/c13-15-11-8-4-5-9-12(11)16(14)17-10-6-2-1-3-7-10/h1-9,15H,13-14H2. The van der Waals surface area contributed by atoms with Crippen LogP contribution in [-0.2, 0) is 0 Å². The molecule has 88 valence electrons. The summed E-state index contributed by atoms with van der Waals surface area (Å²) in [7, 11) is 0. The first-order valence-corrected chi connectivity index (χ1v) is 5.15. The zero-order chi connectivity index (χ0) is 12.1. The number of hydrogen-bond donors (Lipinski definition) is 3. The molecule has 0 spiro atoms. The van der Waals surface area contributed by atoms with Crippen molar-refractivity contribution >= 4 is 11.4 Å². The van der Waals surface area contributed by atoms with Crippen molar-refractivity contribution in [1.82, 2.24) is 0 Å². The van der Waals surface area contributed by atoms with Crippen LogP contribution in [-0.4, -0.2) is 0 Å². The van der Waals surface area contributed by atoms with Crippen LogP contribution in [0.3, 0.4) is 0 Å². The molecule has 0 unspecified atom stereocenters. The second kappa shape index (κ2) is 5.20. The Kier molecular flexibility index (Phi) is 3.44. The molecule has 0 aliphatic heterocycles. The molecule has 0 fully saturated rings. The average molecular weight is 230 g/mol. The van der Waals surface area contributed by atoms with Crippen LogP contribution in [0, 0.1) is 0 Å². The lowest BCUT2D eigenvalue weighted by Gasteiger charge is -2.20. The Balaban J connectivity index is 2.17. The van der Waals surface area contributed by atoms with Gasteiger partial charge in [-0.15, -0.1) is 5.17 Å². The number of nitrogen functional groups attached to an aromatic ring is 1. The van der Waals surface area contributed by atoms with Gasteiger partial charge in [-0.05, 0) is 24.3 Å². The fraction of sp³-hybridized carbons (Fsp3) is 0. The molecule has 5 nitrogen and oxygen atoms in total. The minimum Gasteiger partial charge on any atom is -0.364 e. The summed E-state index contributed by atoms with van der Waals surface area (Å²) in [4.78, 5) is 5.46. The quantitative estimate of drug-likeness (QED) is 0.550. The largest absolute Gasteiger partial charge is 0.364 e. The normalized spacial score (nSPS) is 9.76. The summed E-state index contributed by atoms with van der Waals surface area (Å²) in [6, 6.07) is 16.6. The Hall–Kier alpha value is -2.24. The smallest absolute Gasteiger partial charge is 0.157 e. The number of nitrogens with two attached hydrogens (primary N) is 2. The van der Waals surface area contributed by atoms with Gasteiger partial charge in [0.25, 0.3) is 0 Å². The molecule has 0 saturated heterocycles. The van der Waals surface area contributed by atoms with Gasteiger partial charge < -0.3 is 10.3 Å². The predicted octanol–water partition coefficient (Wildman–Crippen LogP) is 1.65. The van der Waals surface area contributed by atoms with E-state index in [2.05, 4.69) is 5.43 Å². The van der Waals surface area contributed by atoms with E-state index >= 15 is 0 Å². The first-order valence-electron chi connectivity index (χ1n) is 5.15. The van der Waals surface area contributed by atoms with Crippen molar-refractivity contribution in [2.24, 2.45) is 11.7 Å². The molecule has 0 aliphatic carbocycles. The van der Waals surface area contributed by atoms with E-state index in [0.29, 0.717) is 17.1 Å². The van der Waals surface area contributed by atoms with Crippen LogP contribution in [0.15, 0.2) is 54.6 Å². The summed E-state index contributed by atoms with van der Waals surface area (Å²) in [6.45, 7) is 0. The van der Waals surface area contributed by atoms with E-state index in [1.54, 1.807) is 6.07 Å². The maximum Gasteiger partial charge on any atom is 0.157 e. The zero-order valence-corrected chi connectivity index (χ0v) is 9.21. The lowest BCUT2D eigenvalue weighted by Crippen LogP contribution is -2.35. The van der Waals surface area contributed by atoms with Gasteiger partial charge in [0.05, 0.1) is 5.69 Å². The Bertz CT molecular complexity index is 475. The number of anilines is 2. The molecule has 2 aromatic carbocycles. The highest BCUT2D eigenvalue weighted by atomic mass is 16.7. The van der Waals surface area contributed by atoms with E-state index < -0.39 is 0 Å². The van der Waals surface area contributed by atoms with Gasteiger partial charge >= 0.3 is 0 Å². The molecule has 0 bridgehead atoms. The average Bonchev–Trinajstić information content (AvgIpc) is 2.40. The molecule has 0 amide bonds. The number of benzene rings is 2. The van der Waals surface area contributed by atoms with Gasteiger partial charge in [-0.1, -0.05) is 30.3 Å². The number of nitrogens with zero attached hydrogens (tertiary/aromatic N) is 1. The van der Waals surface area contributed by atoms with Gasteiger partial charge in [0.2, 0.25) is 0 Å². The van der Waals surface area contributed by atoms with E-state index in [9.17, 15) is 0 Å². The fourth-order valence-electron chi connectivity index (χ4n) is 1.43. The molecule has 0 aliphatic rings. The zero-order valence-electron chi connectivity index (χ0n) is 9.21. The Morgan fingerprint density at radius 1 is 0.941 bits per heavy atom. The lowest BCUT2D eigenvalue weighted by atomic mass is 10.3. The van der Waals surface area contributed by atoms with E-state index in [1.165, 1.54) is 5.17 Å². The fourth-order valence-corrected chi connectivity index (χ4v) is 1.43. The summed E-state index contributed by atoms with van der Waals surface area (Å²) in [5.74, 6) is 11.9. The van der Waals surface area contributed by atoms with Crippen LogP contribution in [0.4, 0.5) is 11.4 Å². The number of para-hydroxylation sites is 3. The van der Waals surface area contributed by atoms with Crippen molar-refractivity contribution in [1.29, 1.82) is 0 Å². The number of hydrazine groups is 2. The van der Waals surface area contributed by atoms with Gasteiger partial charge in [-0.25, -0.2) is 5.84 Å². The van der Waals surface area contributed by atoms with Gasteiger partial charge in [-0.3, -0.25) is 5.84 Å². The van der Waals surface area contributed by atoms with Crippen LogP contribution in [0.2, 0.25) is 0 Å². The summed E-state index contributed by atoms with van der Waals surface area (Å²) in [5, 5.41) is 1.17. The predicted molar refractivity (Wildman–Crippen MR) is 68.0 cm³/mol. The van der Waals surface area contributed by atoms with E-state index in [0.717, 1.165) is 0 Å².